The van der Waals surface area contributed by atoms with Crippen molar-refractivity contribution in [3.05, 3.63) is 75.0 Å². The molecule has 0 amide bonds. The zero-order valence-electron chi connectivity index (χ0n) is 20.3. The minimum absolute atomic E-state index is 0.0379. The van der Waals surface area contributed by atoms with Crippen molar-refractivity contribution in [1.29, 1.82) is 0 Å². The lowest BCUT2D eigenvalue weighted by Gasteiger charge is -2.17. The standard InChI is InChI=1S/C28H35NO4S/c1-4-26-24(22-8-6-5-7-9-22)16-27(34-26)25(32)11-10-21-14-19(2)28(20(3)15-21)33-18-23(31)17-29-12-13-30/h5-9,14-16,23,29-31H,4,10-13,17-18H2,1-3H3. The van der Waals surface area contributed by atoms with Gasteiger partial charge in [0.1, 0.15) is 18.5 Å². The molecule has 0 spiro atoms. The highest BCUT2D eigenvalue weighted by Gasteiger charge is 2.16. The van der Waals surface area contributed by atoms with Gasteiger partial charge in [-0.25, -0.2) is 0 Å². The number of aliphatic hydroxyl groups excluding tert-OH is 2. The average molecular weight is 482 g/mol. The van der Waals surface area contributed by atoms with Crippen LogP contribution in [0.5, 0.6) is 5.75 Å². The fourth-order valence-electron chi connectivity index (χ4n) is 4.07. The number of rotatable bonds is 13. The molecule has 34 heavy (non-hydrogen) atoms. The van der Waals surface area contributed by atoms with Gasteiger partial charge in [0.25, 0.3) is 0 Å². The van der Waals surface area contributed by atoms with E-state index in [0.717, 1.165) is 39.3 Å². The molecule has 5 nitrogen and oxygen atoms in total. The highest BCUT2D eigenvalue weighted by Crippen LogP contribution is 2.33. The normalized spacial score (nSPS) is 12.0. The number of aryl methyl sites for hydroxylation is 4. The van der Waals surface area contributed by atoms with Crippen molar-refractivity contribution in [3.8, 4) is 16.9 Å². The maximum Gasteiger partial charge on any atom is 0.173 e. The number of carbonyl (C=O) groups is 1. The molecule has 0 saturated carbocycles. The fourth-order valence-corrected chi connectivity index (χ4v) is 5.16. The first-order valence-electron chi connectivity index (χ1n) is 11.9. The van der Waals surface area contributed by atoms with E-state index in [1.807, 2.05) is 32.0 Å². The van der Waals surface area contributed by atoms with Crippen LogP contribution in [0, 0.1) is 13.8 Å². The summed E-state index contributed by atoms with van der Waals surface area (Å²) in [6, 6.07) is 16.4. The van der Waals surface area contributed by atoms with E-state index in [4.69, 9.17) is 9.84 Å². The Hall–Kier alpha value is -2.51. The van der Waals surface area contributed by atoms with Gasteiger partial charge in [0, 0.05) is 24.4 Å². The summed E-state index contributed by atoms with van der Waals surface area (Å²) in [5.74, 6) is 0.950. The molecule has 0 saturated heterocycles. The zero-order valence-corrected chi connectivity index (χ0v) is 21.1. The quantitative estimate of drug-likeness (QED) is 0.243. The Bertz CT molecular complexity index is 1050. The molecule has 3 N–H and O–H groups in total. The first-order valence-corrected chi connectivity index (χ1v) is 12.7. The molecular weight excluding hydrogens is 446 g/mol. The van der Waals surface area contributed by atoms with Gasteiger partial charge in [-0.3, -0.25) is 4.79 Å². The summed E-state index contributed by atoms with van der Waals surface area (Å²) in [6.07, 6.45) is 1.40. The summed E-state index contributed by atoms with van der Waals surface area (Å²) in [6.45, 7) is 7.14. The molecule has 1 aromatic heterocycles. The van der Waals surface area contributed by atoms with Gasteiger partial charge in [-0.15, -0.1) is 11.3 Å². The molecule has 0 aliphatic rings. The van der Waals surface area contributed by atoms with E-state index in [1.165, 1.54) is 10.4 Å². The van der Waals surface area contributed by atoms with Crippen molar-refractivity contribution in [1.82, 2.24) is 5.32 Å². The first kappa shape index (κ1) is 26.1. The van der Waals surface area contributed by atoms with Crippen molar-refractivity contribution < 1.29 is 19.7 Å². The molecule has 1 atom stereocenters. The van der Waals surface area contributed by atoms with Gasteiger partial charge in [0.2, 0.25) is 0 Å². The number of aliphatic hydroxyl groups is 2. The van der Waals surface area contributed by atoms with Crippen LogP contribution < -0.4 is 10.1 Å². The minimum atomic E-state index is -0.651. The monoisotopic (exact) mass is 481 g/mol. The number of thiophene rings is 1. The molecule has 1 unspecified atom stereocenters. The zero-order chi connectivity index (χ0) is 24.5. The molecule has 0 radical (unpaired) electrons. The molecule has 0 fully saturated rings. The van der Waals surface area contributed by atoms with Crippen molar-refractivity contribution in [2.45, 2.75) is 46.1 Å². The summed E-state index contributed by atoms with van der Waals surface area (Å²) in [5.41, 5.74) is 5.42. The highest BCUT2D eigenvalue weighted by atomic mass is 32.1. The van der Waals surface area contributed by atoms with E-state index in [-0.39, 0.29) is 19.0 Å². The van der Waals surface area contributed by atoms with Crippen molar-refractivity contribution in [2.24, 2.45) is 0 Å². The number of nitrogens with one attached hydrogen (secondary N) is 1. The van der Waals surface area contributed by atoms with Crippen LogP contribution in [-0.4, -0.2) is 48.4 Å². The predicted octanol–water partition coefficient (Wildman–Crippen LogP) is 4.73. The second-order valence-electron chi connectivity index (χ2n) is 8.54. The summed E-state index contributed by atoms with van der Waals surface area (Å²) in [7, 11) is 0. The number of Topliss-reactive ketones (excluding diaryl/α,β-unsaturated/α-hetero) is 1. The van der Waals surface area contributed by atoms with Gasteiger partial charge in [-0.2, -0.15) is 0 Å². The summed E-state index contributed by atoms with van der Waals surface area (Å²) in [5, 5.41) is 21.8. The maximum atomic E-state index is 13.0. The summed E-state index contributed by atoms with van der Waals surface area (Å²) in [4.78, 5) is 15.1. The average Bonchev–Trinajstić information content (AvgIpc) is 3.27. The third kappa shape index (κ3) is 7.00. The summed E-state index contributed by atoms with van der Waals surface area (Å²) >= 11 is 1.61. The van der Waals surface area contributed by atoms with E-state index < -0.39 is 6.10 Å². The van der Waals surface area contributed by atoms with E-state index in [0.29, 0.717) is 25.9 Å². The van der Waals surface area contributed by atoms with Gasteiger partial charge < -0.3 is 20.3 Å². The Kier molecular flexibility index (Phi) is 9.84. The van der Waals surface area contributed by atoms with Crippen LogP contribution in [0.3, 0.4) is 0 Å². The fraction of sp³-hybridized carbons (Fsp3) is 0.393. The topological polar surface area (TPSA) is 78.8 Å². The Morgan fingerprint density at radius 2 is 1.82 bits per heavy atom. The molecule has 6 heteroatoms. The van der Waals surface area contributed by atoms with Gasteiger partial charge in [-0.1, -0.05) is 49.4 Å². The summed E-state index contributed by atoms with van der Waals surface area (Å²) < 4.78 is 5.86. The lowest BCUT2D eigenvalue weighted by molar-refractivity contribution is 0.0986. The van der Waals surface area contributed by atoms with Crippen LogP contribution in [0.4, 0.5) is 0 Å². The molecule has 2 aromatic carbocycles. The van der Waals surface area contributed by atoms with Crippen LogP contribution in [0.25, 0.3) is 11.1 Å². The van der Waals surface area contributed by atoms with Gasteiger partial charge >= 0.3 is 0 Å². The van der Waals surface area contributed by atoms with E-state index in [2.05, 4.69) is 42.6 Å². The lowest BCUT2D eigenvalue weighted by Crippen LogP contribution is -2.33. The number of ether oxygens (including phenoxy) is 1. The molecule has 0 bridgehead atoms. The Morgan fingerprint density at radius 1 is 1.12 bits per heavy atom. The van der Waals surface area contributed by atoms with E-state index >= 15 is 0 Å². The van der Waals surface area contributed by atoms with Crippen molar-refractivity contribution in [3.63, 3.8) is 0 Å². The van der Waals surface area contributed by atoms with E-state index in [9.17, 15) is 9.90 Å². The number of carbonyl (C=O) groups excluding carboxylic acids is 1. The lowest BCUT2D eigenvalue weighted by atomic mass is 10.00. The van der Waals surface area contributed by atoms with E-state index in [1.54, 1.807) is 11.3 Å². The maximum absolute atomic E-state index is 13.0. The largest absolute Gasteiger partial charge is 0.490 e. The second-order valence-corrected chi connectivity index (χ2v) is 9.68. The molecule has 3 aromatic rings. The molecular formula is C28H35NO4S. The molecule has 0 aliphatic carbocycles. The Balaban J connectivity index is 1.61. The minimum Gasteiger partial charge on any atom is -0.490 e. The number of hydrogen-bond donors (Lipinski definition) is 3. The van der Waals surface area contributed by atoms with Crippen molar-refractivity contribution >= 4 is 17.1 Å². The number of ketones is 1. The molecule has 0 aliphatic heterocycles. The number of benzene rings is 2. The smallest absolute Gasteiger partial charge is 0.173 e. The van der Waals surface area contributed by atoms with Crippen LogP contribution in [-0.2, 0) is 12.8 Å². The Morgan fingerprint density at radius 3 is 2.47 bits per heavy atom. The molecule has 182 valence electrons. The SMILES string of the molecule is CCc1sc(C(=O)CCc2cc(C)c(OCC(O)CNCCO)c(C)c2)cc1-c1ccccc1. The highest BCUT2D eigenvalue weighted by molar-refractivity contribution is 7.14. The van der Waals surface area contributed by atoms with Crippen molar-refractivity contribution in [2.75, 3.05) is 26.3 Å². The van der Waals surface area contributed by atoms with Crippen LogP contribution in [0.1, 0.15) is 44.6 Å². The van der Waals surface area contributed by atoms with Gasteiger partial charge in [-0.05, 0) is 60.6 Å². The third-order valence-electron chi connectivity index (χ3n) is 5.74. The molecule has 3 rings (SSSR count). The third-order valence-corrected chi connectivity index (χ3v) is 7.06. The number of hydrogen-bond acceptors (Lipinski definition) is 6. The first-order chi connectivity index (χ1) is 16.4. The van der Waals surface area contributed by atoms with Crippen LogP contribution in [0.2, 0.25) is 0 Å². The Labute approximate surface area is 206 Å². The van der Waals surface area contributed by atoms with Crippen LogP contribution in [0.15, 0.2) is 48.5 Å². The predicted molar refractivity (Wildman–Crippen MR) is 139 cm³/mol. The second kappa shape index (κ2) is 12.8. The van der Waals surface area contributed by atoms with Crippen LogP contribution >= 0.6 is 11.3 Å². The van der Waals surface area contributed by atoms with Gasteiger partial charge in [0.15, 0.2) is 5.78 Å². The molecule has 1 heterocycles. The van der Waals surface area contributed by atoms with Gasteiger partial charge in [0.05, 0.1) is 11.5 Å².